The minimum absolute atomic E-state index is 0.146. The van der Waals surface area contributed by atoms with E-state index >= 15 is 0 Å². The zero-order valence-corrected chi connectivity index (χ0v) is 7.37. The molecule has 0 saturated heterocycles. The molecule has 1 aliphatic rings. The van der Waals surface area contributed by atoms with Gasteiger partial charge in [0.25, 0.3) is 0 Å². The number of aromatic amines is 1. The summed E-state index contributed by atoms with van der Waals surface area (Å²) < 4.78 is 5.22. The van der Waals surface area contributed by atoms with Crippen molar-refractivity contribution in [2.24, 2.45) is 0 Å². The molecule has 0 saturated carbocycles. The molecule has 74 valence electrons. The predicted molar refractivity (Wildman–Crippen MR) is 47.8 cm³/mol. The molecule has 2 heterocycles. The first kappa shape index (κ1) is 8.80. The Morgan fingerprint density at radius 2 is 2.36 bits per heavy atom. The highest BCUT2D eigenvalue weighted by atomic mass is 16.5. The Bertz CT molecular complexity index is 435. The molecule has 5 nitrogen and oxygen atoms in total. The highest BCUT2D eigenvalue weighted by Gasteiger charge is 2.20. The molecule has 5 heteroatoms. The maximum atomic E-state index is 11.1. The fourth-order valence-corrected chi connectivity index (χ4v) is 1.54. The number of ether oxygens (including phenoxy) is 1. The molecule has 0 atom stereocenters. The second-order valence-electron chi connectivity index (χ2n) is 3.12. The van der Waals surface area contributed by atoms with Crippen LogP contribution in [-0.2, 0) is 6.42 Å². The summed E-state index contributed by atoms with van der Waals surface area (Å²) in [6.45, 7) is 0.499. The van der Waals surface area contributed by atoms with Crippen LogP contribution >= 0.6 is 0 Å². The summed E-state index contributed by atoms with van der Waals surface area (Å²) in [6, 6.07) is 1.39. The molecule has 0 aliphatic carbocycles. The van der Waals surface area contributed by atoms with E-state index in [1.165, 1.54) is 6.07 Å². The van der Waals surface area contributed by atoms with Crippen LogP contribution in [0.25, 0.3) is 0 Å². The number of carbonyl (C=O) groups is 1. The largest absolute Gasteiger partial charge is 0.491 e. The van der Waals surface area contributed by atoms with Gasteiger partial charge in [-0.2, -0.15) is 0 Å². The molecule has 0 bridgehead atoms. The van der Waals surface area contributed by atoms with E-state index in [-0.39, 0.29) is 5.69 Å². The van der Waals surface area contributed by atoms with Crippen LogP contribution in [0.2, 0.25) is 0 Å². The molecule has 0 aromatic carbocycles. The third-order valence-corrected chi connectivity index (χ3v) is 2.12. The number of rotatable bonds is 1. The number of fused-ring (bicyclic) bond motifs is 1. The fourth-order valence-electron chi connectivity index (χ4n) is 1.54. The molecule has 1 aromatic rings. The molecular formula is C9H9NO4. The van der Waals surface area contributed by atoms with Crippen molar-refractivity contribution in [1.82, 2.24) is 4.98 Å². The third-order valence-electron chi connectivity index (χ3n) is 2.12. The molecule has 0 fully saturated rings. The first-order valence-electron chi connectivity index (χ1n) is 4.31. The zero-order chi connectivity index (χ0) is 10.1. The second kappa shape index (κ2) is 3.17. The van der Waals surface area contributed by atoms with Crippen LogP contribution in [0.15, 0.2) is 10.9 Å². The van der Waals surface area contributed by atoms with E-state index < -0.39 is 11.5 Å². The van der Waals surface area contributed by atoms with Gasteiger partial charge < -0.3 is 14.8 Å². The molecule has 0 unspecified atom stereocenters. The van der Waals surface area contributed by atoms with Crippen molar-refractivity contribution in [1.29, 1.82) is 0 Å². The van der Waals surface area contributed by atoms with Crippen LogP contribution in [0.5, 0.6) is 5.75 Å². The minimum atomic E-state index is -1.17. The first-order valence-corrected chi connectivity index (χ1v) is 4.31. The van der Waals surface area contributed by atoms with Gasteiger partial charge in [-0.05, 0) is 12.8 Å². The maximum Gasteiger partial charge on any atom is 0.356 e. The number of nitrogens with one attached hydrogen (secondary N) is 1. The number of H-pyrrole nitrogens is 1. The molecule has 1 aliphatic heterocycles. The van der Waals surface area contributed by atoms with Crippen LogP contribution in [0, 0.1) is 0 Å². The van der Waals surface area contributed by atoms with Crippen LogP contribution in [0.3, 0.4) is 0 Å². The number of hydrogen-bond donors (Lipinski definition) is 2. The number of carboxylic acids is 1. The number of aromatic nitrogens is 1. The van der Waals surface area contributed by atoms with Crippen LogP contribution in [-0.4, -0.2) is 22.7 Å². The number of carboxylic acid groups (broad SMARTS) is 1. The molecular weight excluding hydrogens is 186 g/mol. The highest BCUT2D eigenvalue weighted by Crippen LogP contribution is 2.25. The summed E-state index contributed by atoms with van der Waals surface area (Å²) in [5.74, 6) is -0.857. The van der Waals surface area contributed by atoms with Gasteiger partial charge in [0.2, 0.25) is 5.56 Å². The minimum Gasteiger partial charge on any atom is -0.491 e. The zero-order valence-electron chi connectivity index (χ0n) is 7.37. The molecule has 2 rings (SSSR count). The Morgan fingerprint density at radius 1 is 1.57 bits per heavy atom. The lowest BCUT2D eigenvalue weighted by Gasteiger charge is -2.17. The van der Waals surface area contributed by atoms with Gasteiger partial charge in [-0.25, -0.2) is 4.79 Å². The van der Waals surface area contributed by atoms with Gasteiger partial charge in [0.1, 0.15) is 0 Å². The maximum absolute atomic E-state index is 11.1. The average Bonchev–Trinajstić information content (AvgIpc) is 2.16. The van der Waals surface area contributed by atoms with E-state index in [0.717, 1.165) is 6.42 Å². The van der Waals surface area contributed by atoms with E-state index in [1.54, 1.807) is 0 Å². The van der Waals surface area contributed by atoms with Crippen molar-refractivity contribution < 1.29 is 14.6 Å². The van der Waals surface area contributed by atoms with Crippen LogP contribution in [0.1, 0.15) is 22.5 Å². The van der Waals surface area contributed by atoms with Crippen molar-refractivity contribution in [3.8, 4) is 5.75 Å². The first-order chi connectivity index (χ1) is 6.68. The summed E-state index contributed by atoms with van der Waals surface area (Å²) in [4.78, 5) is 24.1. The van der Waals surface area contributed by atoms with Gasteiger partial charge in [0.05, 0.1) is 6.61 Å². The van der Waals surface area contributed by atoms with Gasteiger partial charge >= 0.3 is 5.97 Å². The Kier molecular flexibility index (Phi) is 1.99. The fraction of sp³-hybridized carbons (Fsp3) is 0.333. The summed E-state index contributed by atoms with van der Waals surface area (Å²) in [6.07, 6.45) is 1.51. The van der Waals surface area contributed by atoms with E-state index in [9.17, 15) is 9.59 Å². The summed E-state index contributed by atoms with van der Waals surface area (Å²) in [5, 5.41) is 8.82. The normalized spacial score (nSPS) is 14.3. The molecule has 14 heavy (non-hydrogen) atoms. The lowest BCUT2D eigenvalue weighted by Crippen LogP contribution is -2.20. The van der Waals surface area contributed by atoms with Gasteiger partial charge in [0, 0.05) is 11.6 Å². The van der Waals surface area contributed by atoms with Gasteiger partial charge in [0.15, 0.2) is 11.4 Å². The van der Waals surface area contributed by atoms with Crippen LogP contribution in [0.4, 0.5) is 0 Å². The second-order valence-corrected chi connectivity index (χ2v) is 3.12. The Balaban J connectivity index is 2.64. The van der Waals surface area contributed by atoms with Gasteiger partial charge in [-0.1, -0.05) is 0 Å². The van der Waals surface area contributed by atoms with Crippen molar-refractivity contribution in [2.75, 3.05) is 6.61 Å². The number of aryl methyl sites for hydroxylation is 1. The van der Waals surface area contributed by atoms with Crippen molar-refractivity contribution in [2.45, 2.75) is 12.8 Å². The molecule has 0 spiro atoms. The Hall–Kier alpha value is -1.78. The smallest absolute Gasteiger partial charge is 0.356 e. The lowest BCUT2D eigenvalue weighted by molar-refractivity contribution is 0.0683. The number of aromatic carboxylic acids is 1. The monoisotopic (exact) mass is 195 g/mol. The summed E-state index contributed by atoms with van der Waals surface area (Å²) >= 11 is 0. The van der Waals surface area contributed by atoms with Gasteiger partial charge in [-0.3, -0.25) is 4.79 Å². The number of hydrogen-bond acceptors (Lipinski definition) is 3. The predicted octanol–water partition coefficient (Wildman–Crippen LogP) is 0.398. The van der Waals surface area contributed by atoms with Crippen molar-refractivity contribution >= 4 is 5.97 Å². The SMILES string of the molecule is O=C(O)c1[nH]c(=O)cc2c1OCCC2. The van der Waals surface area contributed by atoms with Gasteiger partial charge in [-0.15, -0.1) is 0 Å². The van der Waals surface area contributed by atoms with Crippen molar-refractivity contribution in [3.63, 3.8) is 0 Å². The molecule has 1 aromatic heterocycles. The highest BCUT2D eigenvalue weighted by molar-refractivity contribution is 5.89. The lowest BCUT2D eigenvalue weighted by atomic mass is 10.1. The third kappa shape index (κ3) is 1.37. The van der Waals surface area contributed by atoms with E-state index in [4.69, 9.17) is 9.84 Å². The summed E-state index contributed by atoms with van der Waals surface area (Å²) in [5.41, 5.74) is 0.135. The van der Waals surface area contributed by atoms with E-state index in [0.29, 0.717) is 24.3 Å². The van der Waals surface area contributed by atoms with Crippen LogP contribution < -0.4 is 10.3 Å². The van der Waals surface area contributed by atoms with E-state index in [1.807, 2.05) is 0 Å². The van der Waals surface area contributed by atoms with E-state index in [2.05, 4.69) is 4.98 Å². The Morgan fingerprint density at radius 3 is 3.07 bits per heavy atom. The molecule has 0 amide bonds. The number of pyridine rings is 1. The standard InChI is InChI=1S/C9H9NO4/c11-6-4-5-2-1-3-14-8(5)7(10-6)9(12)13/h4H,1-3H2,(H,10,11)(H,12,13). The average molecular weight is 195 g/mol. The van der Waals surface area contributed by atoms with Crippen molar-refractivity contribution in [3.05, 3.63) is 27.7 Å². The quantitative estimate of drug-likeness (QED) is 0.679. The topological polar surface area (TPSA) is 79.4 Å². The molecule has 0 radical (unpaired) electrons. The molecule has 2 N–H and O–H groups in total. The summed E-state index contributed by atoms with van der Waals surface area (Å²) in [7, 11) is 0. The Labute approximate surface area is 79.3 Å².